The molecule has 134 valence electrons. The molecule has 2 aromatic rings. The summed E-state index contributed by atoms with van der Waals surface area (Å²) in [7, 11) is 0. The van der Waals surface area contributed by atoms with Crippen LogP contribution in [-0.2, 0) is 6.54 Å². The van der Waals surface area contributed by atoms with Crippen LogP contribution < -0.4 is 4.90 Å². The lowest BCUT2D eigenvalue weighted by Gasteiger charge is -2.26. The smallest absolute Gasteiger partial charge is 0.132 e. The van der Waals surface area contributed by atoms with Crippen LogP contribution in [0.15, 0.2) is 12.4 Å². The molecule has 1 aliphatic carbocycles. The number of aromatic nitrogens is 4. The van der Waals surface area contributed by atoms with Gasteiger partial charge < -0.3 is 4.90 Å². The van der Waals surface area contributed by atoms with E-state index in [0.717, 1.165) is 42.6 Å². The first-order valence-electron chi connectivity index (χ1n) is 9.36. The van der Waals surface area contributed by atoms with Crippen LogP contribution in [0.3, 0.4) is 0 Å². The van der Waals surface area contributed by atoms with Gasteiger partial charge in [-0.25, -0.2) is 9.97 Å². The molecule has 1 unspecified atom stereocenters. The molecule has 25 heavy (non-hydrogen) atoms. The minimum Gasteiger partial charge on any atom is -0.349 e. The Morgan fingerprint density at radius 2 is 2.04 bits per heavy atom. The summed E-state index contributed by atoms with van der Waals surface area (Å²) >= 11 is 6.74. The zero-order chi connectivity index (χ0) is 17.6. The summed E-state index contributed by atoms with van der Waals surface area (Å²) in [6, 6.07) is 2.44. The lowest BCUT2D eigenvalue weighted by Crippen LogP contribution is -2.24. The quantitative estimate of drug-likeness (QED) is 0.788. The van der Waals surface area contributed by atoms with Crippen LogP contribution in [0.4, 0.5) is 5.82 Å². The van der Waals surface area contributed by atoms with E-state index >= 15 is 0 Å². The molecule has 1 saturated carbocycles. The Kier molecular flexibility index (Phi) is 4.44. The Hall–Kier alpha value is -1.62. The predicted molar refractivity (Wildman–Crippen MR) is 100 cm³/mol. The number of nitrogens with zero attached hydrogens (tertiary/aromatic N) is 5. The number of hydrogen-bond acceptors (Lipinski definition) is 4. The Balaban J connectivity index is 1.66. The van der Waals surface area contributed by atoms with Crippen LogP contribution in [0.25, 0.3) is 0 Å². The molecule has 5 nitrogen and oxygen atoms in total. The van der Waals surface area contributed by atoms with Gasteiger partial charge in [0.15, 0.2) is 0 Å². The van der Waals surface area contributed by atoms with Gasteiger partial charge in [-0.15, -0.1) is 0 Å². The normalized spacial score (nSPS) is 20.7. The Morgan fingerprint density at radius 1 is 1.24 bits per heavy atom. The van der Waals surface area contributed by atoms with Crippen molar-refractivity contribution < 1.29 is 0 Å². The maximum Gasteiger partial charge on any atom is 0.132 e. The van der Waals surface area contributed by atoms with Gasteiger partial charge in [-0.1, -0.05) is 25.4 Å². The third-order valence-corrected chi connectivity index (χ3v) is 5.60. The molecule has 2 fully saturated rings. The van der Waals surface area contributed by atoms with E-state index in [4.69, 9.17) is 16.7 Å². The number of anilines is 1. The zero-order valence-electron chi connectivity index (χ0n) is 15.2. The van der Waals surface area contributed by atoms with Gasteiger partial charge in [-0.3, -0.25) is 4.68 Å². The molecule has 0 spiro atoms. The third kappa shape index (κ3) is 3.26. The molecule has 0 radical (unpaired) electrons. The van der Waals surface area contributed by atoms with E-state index in [-0.39, 0.29) is 6.04 Å². The monoisotopic (exact) mass is 359 g/mol. The van der Waals surface area contributed by atoms with Crippen molar-refractivity contribution in [3.63, 3.8) is 0 Å². The fraction of sp³-hybridized carbons (Fsp3) is 0.632. The average Bonchev–Trinajstić information content (AvgIpc) is 3.26. The Bertz CT molecular complexity index is 765. The highest BCUT2D eigenvalue weighted by molar-refractivity contribution is 6.30. The summed E-state index contributed by atoms with van der Waals surface area (Å²) in [4.78, 5) is 11.4. The number of hydrogen-bond donors (Lipinski definition) is 0. The largest absolute Gasteiger partial charge is 0.349 e. The second kappa shape index (κ2) is 6.60. The summed E-state index contributed by atoms with van der Waals surface area (Å²) in [6.07, 6.45) is 6.48. The number of rotatable bonds is 5. The van der Waals surface area contributed by atoms with Crippen LogP contribution in [0.5, 0.6) is 0 Å². The molecular weight excluding hydrogens is 334 g/mol. The minimum atomic E-state index is 0.260. The molecule has 0 amide bonds. The maximum atomic E-state index is 6.74. The molecule has 0 aromatic carbocycles. The molecule has 1 saturated heterocycles. The standard InChI is InChI=1S/C19H26ClN5/c1-12(2)10-25-19(20)18(13(3)23-25)16-5-4-8-24(16)17-9-15(14-6-7-14)21-11-22-17/h9,11-12,14,16H,4-8,10H2,1-3H3. The van der Waals surface area contributed by atoms with Crippen molar-refractivity contribution in [1.29, 1.82) is 0 Å². The lowest BCUT2D eigenvalue weighted by atomic mass is 10.1. The highest BCUT2D eigenvalue weighted by Crippen LogP contribution is 2.42. The van der Waals surface area contributed by atoms with Gasteiger partial charge in [0.25, 0.3) is 0 Å². The molecule has 4 rings (SSSR count). The van der Waals surface area contributed by atoms with Gasteiger partial charge in [-0.05, 0) is 38.5 Å². The van der Waals surface area contributed by atoms with E-state index < -0.39 is 0 Å². The fourth-order valence-corrected chi connectivity index (χ4v) is 4.24. The Labute approximate surface area is 154 Å². The van der Waals surface area contributed by atoms with Crippen molar-refractivity contribution in [2.45, 2.75) is 65.0 Å². The van der Waals surface area contributed by atoms with E-state index in [0.29, 0.717) is 11.8 Å². The van der Waals surface area contributed by atoms with E-state index in [1.165, 1.54) is 24.1 Å². The van der Waals surface area contributed by atoms with Gasteiger partial charge in [0, 0.05) is 36.3 Å². The summed E-state index contributed by atoms with van der Waals surface area (Å²) in [5.74, 6) is 2.20. The molecule has 2 aromatic heterocycles. The van der Waals surface area contributed by atoms with Crippen molar-refractivity contribution in [3.8, 4) is 0 Å². The van der Waals surface area contributed by atoms with Crippen molar-refractivity contribution in [2.75, 3.05) is 11.4 Å². The lowest BCUT2D eigenvalue weighted by molar-refractivity contribution is 0.481. The van der Waals surface area contributed by atoms with E-state index in [1.807, 2.05) is 4.68 Å². The van der Waals surface area contributed by atoms with E-state index in [9.17, 15) is 0 Å². The van der Waals surface area contributed by atoms with Crippen molar-refractivity contribution in [1.82, 2.24) is 19.7 Å². The molecule has 2 aliphatic rings. The molecule has 6 heteroatoms. The molecule has 3 heterocycles. The zero-order valence-corrected chi connectivity index (χ0v) is 16.0. The van der Waals surface area contributed by atoms with Gasteiger partial charge >= 0.3 is 0 Å². The molecule has 1 aliphatic heterocycles. The summed E-state index contributed by atoms with van der Waals surface area (Å²) < 4.78 is 1.96. The molecule has 1 atom stereocenters. The first-order chi connectivity index (χ1) is 12.0. The molecule has 0 bridgehead atoms. The number of halogens is 1. The van der Waals surface area contributed by atoms with E-state index in [2.05, 4.69) is 41.7 Å². The highest BCUT2D eigenvalue weighted by atomic mass is 35.5. The van der Waals surface area contributed by atoms with Crippen LogP contribution in [0.2, 0.25) is 5.15 Å². The van der Waals surface area contributed by atoms with Crippen molar-refractivity contribution in [3.05, 3.63) is 34.5 Å². The van der Waals surface area contributed by atoms with Gasteiger partial charge in [0.1, 0.15) is 17.3 Å². The molecular formula is C19H26ClN5. The van der Waals surface area contributed by atoms with Crippen LogP contribution in [-0.4, -0.2) is 26.3 Å². The fourth-order valence-electron chi connectivity index (χ4n) is 3.87. The van der Waals surface area contributed by atoms with Gasteiger partial charge in [0.2, 0.25) is 0 Å². The average molecular weight is 360 g/mol. The topological polar surface area (TPSA) is 46.8 Å². The van der Waals surface area contributed by atoms with Crippen molar-refractivity contribution in [2.24, 2.45) is 5.92 Å². The first-order valence-corrected chi connectivity index (χ1v) is 9.73. The van der Waals surface area contributed by atoms with Gasteiger partial charge in [0.05, 0.1) is 11.7 Å². The maximum absolute atomic E-state index is 6.74. The summed E-state index contributed by atoms with van der Waals surface area (Å²) in [5, 5.41) is 5.50. The summed E-state index contributed by atoms with van der Waals surface area (Å²) in [6.45, 7) is 8.32. The minimum absolute atomic E-state index is 0.260. The van der Waals surface area contributed by atoms with E-state index in [1.54, 1.807) is 6.33 Å². The second-order valence-corrected chi connectivity index (χ2v) is 8.15. The SMILES string of the molecule is Cc1nn(CC(C)C)c(Cl)c1C1CCCN1c1cc(C2CC2)ncn1. The first kappa shape index (κ1) is 16.8. The van der Waals surface area contributed by atoms with Crippen LogP contribution in [0, 0.1) is 12.8 Å². The number of aryl methyl sites for hydroxylation is 1. The van der Waals surface area contributed by atoms with Gasteiger partial charge in [-0.2, -0.15) is 5.10 Å². The second-order valence-electron chi connectivity index (χ2n) is 7.79. The third-order valence-electron chi connectivity index (χ3n) is 5.20. The highest BCUT2D eigenvalue weighted by Gasteiger charge is 2.33. The van der Waals surface area contributed by atoms with Crippen LogP contribution >= 0.6 is 11.6 Å². The Morgan fingerprint density at radius 3 is 2.76 bits per heavy atom. The predicted octanol–water partition coefficient (Wildman–Crippen LogP) is 4.51. The van der Waals surface area contributed by atoms with Crippen LogP contribution in [0.1, 0.15) is 68.4 Å². The molecule has 0 N–H and O–H groups in total. The summed E-state index contributed by atoms with van der Waals surface area (Å²) in [5.41, 5.74) is 3.40. The van der Waals surface area contributed by atoms with Crippen molar-refractivity contribution >= 4 is 17.4 Å².